The third-order valence-corrected chi connectivity index (χ3v) is 8.30. The number of amides is 4. The molecule has 180 valence electrons. The number of piperidine rings is 1. The first-order valence-corrected chi connectivity index (χ1v) is 13.2. The quantitative estimate of drug-likeness (QED) is 0.618. The van der Waals surface area contributed by atoms with Crippen LogP contribution in [0.15, 0.2) is 47.2 Å². The van der Waals surface area contributed by atoms with Crippen LogP contribution in [0.4, 0.5) is 4.79 Å². The van der Waals surface area contributed by atoms with E-state index in [1.54, 1.807) is 0 Å². The number of urea groups is 1. The van der Waals surface area contributed by atoms with E-state index in [-0.39, 0.29) is 23.8 Å². The number of nitrogens with one attached hydrogen (secondary N) is 1. The van der Waals surface area contributed by atoms with Crippen LogP contribution in [-0.4, -0.2) is 77.4 Å². The average Bonchev–Trinajstić information content (AvgIpc) is 3.62. The Kier molecular flexibility index (Phi) is 6.70. The van der Waals surface area contributed by atoms with Crippen LogP contribution in [0.2, 0.25) is 0 Å². The predicted octanol–water partition coefficient (Wildman–Crippen LogP) is 3.23. The number of hydrogen-bond acceptors (Lipinski definition) is 5. The third-order valence-electron chi connectivity index (χ3n) is 7.61. The Balaban J connectivity index is 1.34. The van der Waals surface area contributed by atoms with Crippen molar-refractivity contribution < 1.29 is 14.4 Å². The maximum atomic E-state index is 13.9. The van der Waals surface area contributed by atoms with Gasteiger partial charge in [-0.1, -0.05) is 30.3 Å². The van der Waals surface area contributed by atoms with Crippen molar-refractivity contribution in [2.45, 2.75) is 37.6 Å². The number of carbonyl (C=O) groups is 3. The van der Waals surface area contributed by atoms with Gasteiger partial charge in [-0.15, -0.1) is 0 Å². The number of carbonyl (C=O) groups excluding carboxylic acids is 3. The number of benzene rings is 1. The van der Waals surface area contributed by atoms with E-state index in [1.807, 2.05) is 52.1 Å². The molecule has 3 aliphatic heterocycles. The first kappa shape index (κ1) is 23.1. The van der Waals surface area contributed by atoms with Crippen molar-refractivity contribution in [2.75, 3.05) is 39.3 Å². The highest BCUT2D eigenvalue weighted by Crippen LogP contribution is 2.37. The minimum absolute atomic E-state index is 0.0209. The third kappa shape index (κ3) is 4.49. The van der Waals surface area contributed by atoms with Gasteiger partial charge in [0, 0.05) is 38.0 Å². The summed E-state index contributed by atoms with van der Waals surface area (Å²) in [4.78, 5) is 45.4. The van der Waals surface area contributed by atoms with Crippen LogP contribution in [0.5, 0.6) is 0 Å². The Bertz CT molecular complexity index is 1010. The summed E-state index contributed by atoms with van der Waals surface area (Å²) in [6, 6.07) is 11.5. The standard InChI is InChI=1S/C26H32N4O3S/c31-23(21-10-17-34-19-21)29-13-8-22(9-14-29)26(18-20-6-2-1-3-7-20)24(32)30(25(33)27-26)16-15-28-11-4-5-12-28/h1-3,6-7,10,17,19,22H,4-5,8-9,11-16,18H2,(H,27,33)/t26-/m0/s1. The van der Waals surface area contributed by atoms with Gasteiger partial charge in [-0.25, -0.2) is 4.79 Å². The van der Waals surface area contributed by atoms with Crippen molar-refractivity contribution >= 4 is 29.2 Å². The fourth-order valence-electron chi connectivity index (χ4n) is 5.70. The SMILES string of the molecule is O=C(c1ccsc1)N1CCC([C@]2(Cc3ccccc3)NC(=O)N(CCN3CCCC3)C2=O)CC1. The van der Waals surface area contributed by atoms with E-state index in [0.29, 0.717) is 38.9 Å². The monoisotopic (exact) mass is 480 g/mol. The minimum Gasteiger partial charge on any atom is -0.339 e. The largest absolute Gasteiger partial charge is 0.339 e. The van der Waals surface area contributed by atoms with E-state index in [0.717, 1.165) is 30.8 Å². The van der Waals surface area contributed by atoms with Gasteiger partial charge in [-0.05, 0) is 61.7 Å². The van der Waals surface area contributed by atoms with Crippen LogP contribution in [0.25, 0.3) is 0 Å². The molecule has 2 aromatic rings. The molecule has 3 aliphatic rings. The van der Waals surface area contributed by atoms with Crippen LogP contribution in [-0.2, 0) is 11.2 Å². The van der Waals surface area contributed by atoms with E-state index < -0.39 is 5.54 Å². The summed E-state index contributed by atoms with van der Waals surface area (Å²) in [6.07, 6.45) is 4.21. The molecule has 5 rings (SSSR count). The van der Waals surface area contributed by atoms with Crippen LogP contribution in [0.1, 0.15) is 41.6 Å². The van der Waals surface area contributed by atoms with Crippen molar-refractivity contribution in [3.63, 3.8) is 0 Å². The molecule has 3 saturated heterocycles. The van der Waals surface area contributed by atoms with Crippen molar-refractivity contribution in [1.82, 2.24) is 20.0 Å². The van der Waals surface area contributed by atoms with E-state index in [2.05, 4.69) is 10.2 Å². The number of imide groups is 1. The molecule has 0 bridgehead atoms. The van der Waals surface area contributed by atoms with E-state index in [1.165, 1.54) is 29.1 Å². The first-order chi connectivity index (χ1) is 16.6. The second-order valence-corrected chi connectivity index (χ2v) is 10.4. The normalized spacial score (nSPS) is 24.1. The summed E-state index contributed by atoms with van der Waals surface area (Å²) >= 11 is 1.52. The molecule has 34 heavy (non-hydrogen) atoms. The first-order valence-electron chi connectivity index (χ1n) is 12.3. The summed E-state index contributed by atoms with van der Waals surface area (Å²) in [7, 11) is 0. The summed E-state index contributed by atoms with van der Waals surface area (Å²) in [6.45, 7) is 4.41. The van der Waals surface area contributed by atoms with Gasteiger partial charge in [-0.2, -0.15) is 11.3 Å². The molecule has 8 heteroatoms. The molecule has 4 heterocycles. The molecule has 0 unspecified atom stereocenters. The predicted molar refractivity (Wildman–Crippen MR) is 132 cm³/mol. The van der Waals surface area contributed by atoms with E-state index in [9.17, 15) is 14.4 Å². The molecular formula is C26H32N4O3S. The highest BCUT2D eigenvalue weighted by Gasteiger charge is 2.56. The fourth-order valence-corrected chi connectivity index (χ4v) is 6.33. The molecule has 0 spiro atoms. The molecule has 1 N–H and O–H groups in total. The van der Waals surface area contributed by atoms with Crippen LogP contribution >= 0.6 is 11.3 Å². The van der Waals surface area contributed by atoms with Crippen molar-refractivity contribution in [3.8, 4) is 0 Å². The molecule has 0 radical (unpaired) electrons. The molecule has 0 aliphatic carbocycles. The fraction of sp³-hybridized carbons (Fsp3) is 0.500. The molecular weight excluding hydrogens is 448 g/mol. The zero-order valence-corrected chi connectivity index (χ0v) is 20.3. The average molecular weight is 481 g/mol. The molecule has 0 saturated carbocycles. The van der Waals surface area contributed by atoms with Gasteiger partial charge in [0.25, 0.3) is 11.8 Å². The van der Waals surface area contributed by atoms with Crippen molar-refractivity contribution in [2.24, 2.45) is 5.92 Å². The lowest BCUT2D eigenvalue weighted by molar-refractivity contribution is -0.134. The lowest BCUT2D eigenvalue weighted by Crippen LogP contribution is -2.58. The number of rotatable bonds is 7. The lowest BCUT2D eigenvalue weighted by Gasteiger charge is -2.41. The Labute approximate surface area is 204 Å². The lowest BCUT2D eigenvalue weighted by atomic mass is 9.74. The Morgan fingerprint density at radius 1 is 1.00 bits per heavy atom. The van der Waals surface area contributed by atoms with E-state index >= 15 is 0 Å². The van der Waals surface area contributed by atoms with Gasteiger partial charge in [-0.3, -0.25) is 14.5 Å². The zero-order chi connectivity index (χ0) is 23.5. The Morgan fingerprint density at radius 2 is 1.74 bits per heavy atom. The summed E-state index contributed by atoms with van der Waals surface area (Å²) in [5.41, 5.74) is 0.802. The smallest absolute Gasteiger partial charge is 0.325 e. The molecule has 4 amide bonds. The highest BCUT2D eigenvalue weighted by atomic mass is 32.1. The molecule has 1 atom stereocenters. The van der Waals surface area contributed by atoms with Crippen LogP contribution in [0, 0.1) is 5.92 Å². The summed E-state index contributed by atoms with van der Waals surface area (Å²) in [5.74, 6) is -0.0820. The number of hydrogen-bond donors (Lipinski definition) is 1. The highest BCUT2D eigenvalue weighted by molar-refractivity contribution is 7.08. The van der Waals surface area contributed by atoms with Gasteiger partial charge in [0.15, 0.2) is 0 Å². The number of likely N-dealkylation sites (tertiary alicyclic amines) is 2. The maximum absolute atomic E-state index is 13.9. The second-order valence-electron chi connectivity index (χ2n) is 9.65. The van der Waals surface area contributed by atoms with Gasteiger partial charge in [0.1, 0.15) is 5.54 Å². The van der Waals surface area contributed by atoms with Gasteiger partial charge in [0.05, 0.1) is 5.56 Å². The molecule has 7 nitrogen and oxygen atoms in total. The van der Waals surface area contributed by atoms with Crippen molar-refractivity contribution in [3.05, 3.63) is 58.3 Å². The van der Waals surface area contributed by atoms with Gasteiger partial charge in [0.2, 0.25) is 0 Å². The minimum atomic E-state index is -0.957. The van der Waals surface area contributed by atoms with Gasteiger partial charge >= 0.3 is 6.03 Å². The van der Waals surface area contributed by atoms with E-state index in [4.69, 9.17) is 0 Å². The second kappa shape index (κ2) is 9.88. The van der Waals surface area contributed by atoms with Gasteiger partial charge < -0.3 is 15.1 Å². The number of thiophene rings is 1. The summed E-state index contributed by atoms with van der Waals surface area (Å²) in [5, 5.41) is 6.94. The molecule has 1 aromatic heterocycles. The molecule has 3 fully saturated rings. The van der Waals surface area contributed by atoms with Crippen LogP contribution in [0.3, 0.4) is 0 Å². The van der Waals surface area contributed by atoms with Crippen molar-refractivity contribution in [1.29, 1.82) is 0 Å². The molecule has 1 aromatic carbocycles. The maximum Gasteiger partial charge on any atom is 0.325 e. The topological polar surface area (TPSA) is 73.0 Å². The zero-order valence-electron chi connectivity index (χ0n) is 19.4. The summed E-state index contributed by atoms with van der Waals surface area (Å²) < 4.78 is 0. The Hall–Kier alpha value is -2.71. The van der Waals surface area contributed by atoms with Crippen LogP contribution < -0.4 is 5.32 Å². The number of nitrogens with zero attached hydrogens (tertiary/aromatic N) is 3. The Morgan fingerprint density at radius 3 is 2.41 bits per heavy atom.